The summed E-state index contributed by atoms with van der Waals surface area (Å²) in [6, 6.07) is 0. The fraction of sp³-hybridized carbons (Fsp3) is 0.818. The van der Waals surface area contributed by atoms with Crippen molar-refractivity contribution in [2.45, 2.75) is 111 Å². The Morgan fingerprint density at radius 1 is 1.19 bits per heavy atom. The second-order valence-electron chi connectivity index (χ2n) is 11.1. The van der Waals surface area contributed by atoms with Crippen LogP contribution in [0, 0.1) is 5.41 Å². The molecule has 0 aromatic heterocycles. The van der Waals surface area contributed by atoms with Gasteiger partial charge in [0.25, 0.3) is 0 Å². The van der Waals surface area contributed by atoms with Gasteiger partial charge in [-0.3, -0.25) is 0 Å². The van der Waals surface area contributed by atoms with Crippen molar-refractivity contribution in [2.24, 2.45) is 5.41 Å². The summed E-state index contributed by atoms with van der Waals surface area (Å²) < 4.78 is 13.3. The number of rotatable bonds is 7. The molecule has 0 spiro atoms. The van der Waals surface area contributed by atoms with Gasteiger partial charge in [-0.2, -0.15) is 0 Å². The first kappa shape index (κ1) is 23.7. The van der Waals surface area contributed by atoms with Gasteiger partial charge in [0.05, 0.1) is 11.9 Å². The molecule has 152 valence electrons. The van der Waals surface area contributed by atoms with Gasteiger partial charge < -0.3 is 8.85 Å². The van der Waals surface area contributed by atoms with E-state index in [1.807, 2.05) is 0 Å². The van der Waals surface area contributed by atoms with Crippen LogP contribution in [0.2, 0.25) is 37.8 Å². The van der Waals surface area contributed by atoms with Gasteiger partial charge in [0, 0.05) is 11.8 Å². The van der Waals surface area contributed by atoms with Crippen LogP contribution in [0.3, 0.4) is 0 Å². The lowest BCUT2D eigenvalue weighted by Crippen LogP contribution is -2.49. The number of hydrogen-bond acceptors (Lipinski definition) is 2. The van der Waals surface area contributed by atoms with Crippen LogP contribution in [0.25, 0.3) is 0 Å². The Bertz CT molecular complexity index is 531. The molecule has 1 aliphatic rings. The molecule has 0 saturated heterocycles. The highest BCUT2D eigenvalue weighted by Crippen LogP contribution is 2.46. The highest BCUT2D eigenvalue weighted by atomic mass is 28.4. The van der Waals surface area contributed by atoms with E-state index in [1.54, 1.807) is 0 Å². The molecule has 26 heavy (non-hydrogen) atoms. The topological polar surface area (TPSA) is 18.5 Å². The maximum Gasteiger partial charge on any atom is 0.241 e. The summed E-state index contributed by atoms with van der Waals surface area (Å²) in [5.74, 6) is 1.21. The van der Waals surface area contributed by atoms with E-state index in [2.05, 4.69) is 86.4 Å². The Kier molecular flexibility index (Phi) is 7.62. The third-order valence-electron chi connectivity index (χ3n) is 5.80. The first-order valence-electron chi connectivity index (χ1n) is 10.3. The van der Waals surface area contributed by atoms with Gasteiger partial charge in [-0.1, -0.05) is 39.3 Å². The van der Waals surface area contributed by atoms with Crippen molar-refractivity contribution in [3.63, 3.8) is 0 Å². The predicted octanol–water partition coefficient (Wildman–Crippen LogP) is 7.66. The van der Waals surface area contributed by atoms with E-state index in [9.17, 15) is 0 Å². The summed E-state index contributed by atoms with van der Waals surface area (Å²) in [4.78, 5) is 0. The van der Waals surface area contributed by atoms with E-state index in [-0.39, 0.29) is 10.5 Å². The molecule has 0 unspecified atom stereocenters. The Labute approximate surface area is 165 Å². The fourth-order valence-electron chi connectivity index (χ4n) is 3.24. The van der Waals surface area contributed by atoms with Crippen molar-refractivity contribution in [1.82, 2.24) is 0 Å². The van der Waals surface area contributed by atoms with Crippen LogP contribution in [0.15, 0.2) is 23.5 Å². The summed E-state index contributed by atoms with van der Waals surface area (Å²) >= 11 is 0. The maximum atomic E-state index is 6.92. The minimum absolute atomic E-state index is 0.0503. The second kappa shape index (κ2) is 8.36. The van der Waals surface area contributed by atoms with Crippen molar-refractivity contribution in [1.29, 1.82) is 0 Å². The zero-order valence-corrected chi connectivity index (χ0v) is 21.4. The molecule has 0 aromatic carbocycles. The second-order valence-corrected chi connectivity index (χ2v) is 20.2. The molecule has 0 bridgehead atoms. The van der Waals surface area contributed by atoms with Gasteiger partial charge in [0.2, 0.25) is 8.32 Å². The lowest BCUT2D eigenvalue weighted by atomic mass is 9.74. The smallest absolute Gasteiger partial charge is 0.241 e. The van der Waals surface area contributed by atoms with Gasteiger partial charge >= 0.3 is 0 Å². The molecular weight excluding hydrogens is 352 g/mol. The average molecular weight is 397 g/mol. The lowest BCUT2D eigenvalue weighted by Gasteiger charge is -2.47. The number of hydrogen-bond donors (Lipinski definition) is 0. The highest BCUT2D eigenvalue weighted by Gasteiger charge is 2.45. The molecular formula is C22H44O2Si2. The van der Waals surface area contributed by atoms with E-state index in [1.165, 1.54) is 11.3 Å². The third-order valence-corrected chi connectivity index (χ3v) is 11.2. The van der Waals surface area contributed by atoms with Crippen LogP contribution >= 0.6 is 0 Å². The monoisotopic (exact) mass is 396 g/mol. The molecule has 0 radical (unpaired) electrons. The Morgan fingerprint density at radius 3 is 2.23 bits per heavy atom. The van der Waals surface area contributed by atoms with Crippen LogP contribution in [-0.4, -0.2) is 22.7 Å². The SMILES string of the molecule is CC(C)=CCC[C@]1(C)C=C(O[Si](C)(C)C)CC[C@H]1O[Si](C)(C)C(C)(C)C. The van der Waals surface area contributed by atoms with E-state index in [4.69, 9.17) is 8.85 Å². The largest absolute Gasteiger partial charge is 0.548 e. The van der Waals surface area contributed by atoms with Gasteiger partial charge in [0.1, 0.15) is 0 Å². The molecule has 0 aliphatic heterocycles. The zero-order chi connectivity index (χ0) is 20.4. The average Bonchev–Trinajstić information content (AvgIpc) is 2.38. The van der Waals surface area contributed by atoms with Crippen LogP contribution in [-0.2, 0) is 8.85 Å². The van der Waals surface area contributed by atoms with E-state index in [0.717, 1.165) is 25.7 Å². The number of allylic oxidation sites excluding steroid dienone is 3. The summed E-state index contributed by atoms with van der Waals surface area (Å²) in [6.07, 6.45) is 9.39. The van der Waals surface area contributed by atoms with Crippen LogP contribution in [0.5, 0.6) is 0 Å². The van der Waals surface area contributed by atoms with Gasteiger partial charge in [-0.15, -0.1) is 0 Å². The first-order chi connectivity index (χ1) is 11.6. The molecule has 0 N–H and O–H groups in total. The van der Waals surface area contributed by atoms with Gasteiger partial charge in [0.15, 0.2) is 8.32 Å². The predicted molar refractivity (Wildman–Crippen MR) is 121 cm³/mol. The molecule has 0 aromatic rings. The minimum Gasteiger partial charge on any atom is -0.548 e. The van der Waals surface area contributed by atoms with Crippen molar-refractivity contribution in [3.05, 3.63) is 23.5 Å². The minimum atomic E-state index is -1.79. The van der Waals surface area contributed by atoms with Crippen LogP contribution in [0.4, 0.5) is 0 Å². The van der Waals surface area contributed by atoms with Gasteiger partial charge in [-0.05, 0) is 77.0 Å². The van der Waals surface area contributed by atoms with E-state index < -0.39 is 16.6 Å². The maximum absolute atomic E-state index is 6.92. The molecule has 1 rings (SSSR count). The van der Waals surface area contributed by atoms with E-state index in [0.29, 0.717) is 6.10 Å². The molecule has 4 heteroatoms. The molecule has 1 aliphatic carbocycles. The quantitative estimate of drug-likeness (QED) is 0.325. The Balaban J connectivity index is 3.10. The fourth-order valence-corrected chi connectivity index (χ4v) is 5.64. The van der Waals surface area contributed by atoms with Crippen molar-refractivity contribution in [2.75, 3.05) is 0 Å². The molecule has 0 heterocycles. The van der Waals surface area contributed by atoms with E-state index >= 15 is 0 Å². The van der Waals surface area contributed by atoms with Crippen molar-refractivity contribution < 1.29 is 8.85 Å². The molecule has 2 nitrogen and oxygen atoms in total. The van der Waals surface area contributed by atoms with Gasteiger partial charge in [-0.25, -0.2) is 0 Å². The van der Waals surface area contributed by atoms with Crippen LogP contribution in [0.1, 0.15) is 67.2 Å². The molecule has 2 atom stereocenters. The normalized spacial score (nSPS) is 24.9. The zero-order valence-electron chi connectivity index (χ0n) is 19.4. The molecule has 0 amide bonds. The third kappa shape index (κ3) is 7.01. The molecule has 0 saturated carbocycles. The summed E-state index contributed by atoms with van der Waals surface area (Å²) in [7, 11) is -3.36. The Hall–Kier alpha value is -0.326. The summed E-state index contributed by atoms with van der Waals surface area (Å²) in [6.45, 7) is 25.3. The summed E-state index contributed by atoms with van der Waals surface area (Å²) in [5.41, 5.74) is 1.45. The molecule has 0 fully saturated rings. The summed E-state index contributed by atoms with van der Waals surface area (Å²) in [5, 5.41) is 0.243. The highest BCUT2D eigenvalue weighted by molar-refractivity contribution is 6.74. The van der Waals surface area contributed by atoms with Crippen molar-refractivity contribution >= 4 is 16.6 Å². The standard InChI is InChI=1S/C22H44O2Si2/c1-18(2)13-12-16-22(6)17-19(23-25(7,8)9)14-15-20(22)24-26(10,11)21(3,4)5/h13,17,20H,12,14-16H2,1-11H3/t20-,22-/m1/s1. The first-order valence-corrected chi connectivity index (χ1v) is 16.6. The lowest BCUT2D eigenvalue weighted by molar-refractivity contribution is 0.0528. The van der Waals surface area contributed by atoms with Crippen molar-refractivity contribution in [3.8, 4) is 0 Å². The van der Waals surface area contributed by atoms with Crippen LogP contribution < -0.4 is 0 Å². The Morgan fingerprint density at radius 2 is 1.77 bits per heavy atom.